The molecule has 1 unspecified atom stereocenters. The first kappa shape index (κ1) is 20.6. The van der Waals surface area contributed by atoms with E-state index in [2.05, 4.69) is 0 Å². The molecule has 1 aliphatic heterocycles. The zero-order chi connectivity index (χ0) is 21.5. The van der Waals surface area contributed by atoms with Crippen LogP contribution in [0.15, 0.2) is 42.0 Å². The van der Waals surface area contributed by atoms with Crippen LogP contribution in [0, 0.1) is 13.8 Å². The van der Waals surface area contributed by atoms with Gasteiger partial charge < -0.3 is 13.9 Å². The Morgan fingerprint density at radius 3 is 2.63 bits per heavy atom. The Kier molecular flexibility index (Phi) is 5.42. The lowest BCUT2D eigenvalue weighted by molar-refractivity contribution is 0.0479. The van der Waals surface area contributed by atoms with E-state index >= 15 is 0 Å². The molecule has 0 amide bonds. The van der Waals surface area contributed by atoms with E-state index in [4.69, 9.17) is 4.74 Å². The fourth-order valence-corrected chi connectivity index (χ4v) is 6.51. The summed E-state index contributed by atoms with van der Waals surface area (Å²) in [6.07, 6.45) is 4.21. The van der Waals surface area contributed by atoms with Gasteiger partial charge in [0.15, 0.2) is 16.4 Å². The number of esters is 1. The molecule has 4 rings (SSSR count). The highest BCUT2D eigenvalue weighted by atomic mass is 32.2. The molecule has 4 heterocycles. The minimum atomic E-state index is -3.03. The summed E-state index contributed by atoms with van der Waals surface area (Å²) in [6, 6.07) is 7.14. The average Bonchev–Trinajstić information content (AvgIpc) is 3.46. The molecule has 7 nitrogen and oxygen atoms in total. The average molecular weight is 447 g/mol. The van der Waals surface area contributed by atoms with E-state index in [1.54, 1.807) is 18.4 Å². The predicted molar refractivity (Wildman–Crippen MR) is 114 cm³/mol. The Balaban J connectivity index is 1.47. The Bertz CT molecular complexity index is 1200. The van der Waals surface area contributed by atoms with Crippen LogP contribution < -0.4 is 0 Å². The molecule has 1 atom stereocenters. The zero-order valence-corrected chi connectivity index (χ0v) is 18.3. The van der Waals surface area contributed by atoms with Gasteiger partial charge in [0, 0.05) is 35.4 Å². The SMILES string of the molecule is Cc1cc(C(=O)COC(=O)c2sccc2-n2cccc2)c(C)n1C1CCS(=O)(=O)C1. The number of rotatable bonds is 6. The summed E-state index contributed by atoms with van der Waals surface area (Å²) in [5, 5.41) is 1.80. The van der Waals surface area contributed by atoms with Gasteiger partial charge in [-0.3, -0.25) is 4.79 Å². The van der Waals surface area contributed by atoms with E-state index in [-0.39, 0.29) is 29.9 Å². The third-order valence-electron chi connectivity index (χ3n) is 5.41. The van der Waals surface area contributed by atoms with Crippen molar-refractivity contribution >= 4 is 32.9 Å². The molecule has 1 saturated heterocycles. The second kappa shape index (κ2) is 7.88. The number of hydrogen-bond donors (Lipinski definition) is 0. The summed E-state index contributed by atoms with van der Waals surface area (Å²) in [6.45, 7) is 3.29. The van der Waals surface area contributed by atoms with Gasteiger partial charge >= 0.3 is 5.97 Å². The summed E-state index contributed by atoms with van der Waals surface area (Å²) in [7, 11) is -3.03. The van der Waals surface area contributed by atoms with Crippen molar-refractivity contribution in [3.05, 3.63) is 63.9 Å². The molecule has 0 aromatic carbocycles. The Morgan fingerprint density at radius 2 is 1.97 bits per heavy atom. The first-order valence-corrected chi connectivity index (χ1v) is 12.3. The summed E-state index contributed by atoms with van der Waals surface area (Å²) >= 11 is 1.26. The third-order valence-corrected chi connectivity index (χ3v) is 8.04. The van der Waals surface area contributed by atoms with Crippen LogP contribution >= 0.6 is 11.3 Å². The largest absolute Gasteiger partial charge is 0.453 e. The number of ketones is 1. The monoisotopic (exact) mass is 446 g/mol. The van der Waals surface area contributed by atoms with E-state index in [1.165, 1.54) is 11.3 Å². The lowest BCUT2D eigenvalue weighted by Gasteiger charge is -2.16. The second-order valence-corrected chi connectivity index (χ2v) is 10.6. The van der Waals surface area contributed by atoms with Crippen molar-refractivity contribution in [1.29, 1.82) is 0 Å². The number of carbonyl (C=O) groups is 2. The molecular weight excluding hydrogens is 424 g/mol. The number of sulfone groups is 1. The van der Waals surface area contributed by atoms with Crippen molar-refractivity contribution in [2.75, 3.05) is 18.1 Å². The van der Waals surface area contributed by atoms with E-state index < -0.39 is 15.8 Å². The lowest BCUT2D eigenvalue weighted by atomic mass is 10.1. The van der Waals surface area contributed by atoms with Crippen LogP contribution in [0.2, 0.25) is 0 Å². The van der Waals surface area contributed by atoms with Crippen molar-refractivity contribution in [3.8, 4) is 5.69 Å². The van der Waals surface area contributed by atoms with Crippen LogP contribution in [0.3, 0.4) is 0 Å². The van der Waals surface area contributed by atoms with Crippen molar-refractivity contribution in [3.63, 3.8) is 0 Å². The fraction of sp³-hybridized carbons (Fsp3) is 0.333. The van der Waals surface area contributed by atoms with Crippen LogP contribution in [0.4, 0.5) is 0 Å². The smallest absolute Gasteiger partial charge is 0.350 e. The number of aromatic nitrogens is 2. The topological polar surface area (TPSA) is 87.4 Å². The van der Waals surface area contributed by atoms with Gasteiger partial charge in [-0.2, -0.15) is 0 Å². The third kappa shape index (κ3) is 3.87. The maximum Gasteiger partial charge on any atom is 0.350 e. The molecule has 0 aliphatic carbocycles. The second-order valence-electron chi connectivity index (χ2n) is 7.44. The fourth-order valence-electron chi connectivity index (χ4n) is 4.03. The normalized spacial score (nSPS) is 17.9. The van der Waals surface area contributed by atoms with Crippen molar-refractivity contribution < 1.29 is 22.7 Å². The molecule has 9 heteroatoms. The van der Waals surface area contributed by atoms with Crippen molar-refractivity contribution in [2.24, 2.45) is 0 Å². The molecule has 0 spiro atoms. The summed E-state index contributed by atoms with van der Waals surface area (Å²) in [5.41, 5.74) is 2.71. The summed E-state index contributed by atoms with van der Waals surface area (Å²) in [5.74, 6) is -0.590. The highest BCUT2D eigenvalue weighted by molar-refractivity contribution is 7.91. The van der Waals surface area contributed by atoms with Gasteiger partial charge in [-0.1, -0.05) is 0 Å². The molecular formula is C21H22N2O5S2. The minimum Gasteiger partial charge on any atom is -0.453 e. The number of Topliss-reactive ketones (excluding diaryl/α,β-unsaturated/α-hetero) is 1. The van der Waals surface area contributed by atoms with E-state index in [1.807, 2.05) is 46.7 Å². The molecule has 158 valence electrons. The number of carbonyl (C=O) groups excluding carboxylic acids is 2. The zero-order valence-electron chi connectivity index (χ0n) is 16.7. The van der Waals surface area contributed by atoms with Crippen molar-refractivity contribution in [2.45, 2.75) is 26.3 Å². The molecule has 0 N–H and O–H groups in total. The molecule has 0 bridgehead atoms. The van der Waals surface area contributed by atoms with Gasteiger partial charge in [0.25, 0.3) is 0 Å². The van der Waals surface area contributed by atoms with Gasteiger partial charge in [-0.25, -0.2) is 13.2 Å². The number of thiophene rings is 1. The predicted octanol–water partition coefficient (Wildman–Crippen LogP) is 3.36. The van der Waals surface area contributed by atoms with Crippen LogP contribution in [0.25, 0.3) is 5.69 Å². The maximum atomic E-state index is 12.8. The maximum absolute atomic E-state index is 12.8. The van der Waals surface area contributed by atoms with Gasteiger partial charge in [-0.05, 0) is 49.9 Å². The van der Waals surface area contributed by atoms with Crippen LogP contribution in [-0.4, -0.2) is 47.4 Å². The lowest BCUT2D eigenvalue weighted by Crippen LogP contribution is -2.17. The van der Waals surface area contributed by atoms with E-state index in [0.717, 1.165) is 5.69 Å². The molecule has 0 radical (unpaired) electrons. The van der Waals surface area contributed by atoms with Crippen LogP contribution in [0.5, 0.6) is 0 Å². The Morgan fingerprint density at radius 1 is 1.23 bits per heavy atom. The van der Waals surface area contributed by atoms with E-state index in [0.29, 0.717) is 28.2 Å². The number of nitrogens with zero attached hydrogens (tertiary/aromatic N) is 2. The number of aryl methyl sites for hydroxylation is 1. The first-order valence-electron chi connectivity index (χ1n) is 9.57. The highest BCUT2D eigenvalue weighted by Gasteiger charge is 2.31. The molecule has 30 heavy (non-hydrogen) atoms. The van der Waals surface area contributed by atoms with E-state index in [9.17, 15) is 18.0 Å². The molecule has 1 aliphatic rings. The Hall–Kier alpha value is -2.65. The molecule has 3 aromatic rings. The van der Waals surface area contributed by atoms with Gasteiger partial charge in [0.2, 0.25) is 5.78 Å². The number of hydrogen-bond acceptors (Lipinski definition) is 6. The van der Waals surface area contributed by atoms with Crippen LogP contribution in [0.1, 0.15) is 43.9 Å². The van der Waals surface area contributed by atoms with Gasteiger partial charge in [-0.15, -0.1) is 11.3 Å². The highest BCUT2D eigenvalue weighted by Crippen LogP contribution is 2.29. The minimum absolute atomic E-state index is 0.0898. The Labute approximate surface area is 178 Å². The molecule has 0 saturated carbocycles. The summed E-state index contributed by atoms with van der Waals surface area (Å²) < 4.78 is 32.7. The van der Waals surface area contributed by atoms with Crippen molar-refractivity contribution in [1.82, 2.24) is 9.13 Å². The molecule has 1 fully saturated rings. The standard InChI is InChI=1S/C21H22N2O5S2/c1-14-11-17(15(2)23(14)16-6-10-30(26,27)13-16)19(24)12-28-21(25)20-18(5-9-29-20)22-7-3-4-8-22/h3-5,7-9,11,16H,6,10,12-13H2,1-2H3. The molecule has 3 aromatic heterocycles. The van der Waals surface area contributed by atoms with Gasteiger partial charge in [0.05, 0.1) is 17.2 Å². The quantitative estimate of drug-likeness (QED) is 0.428. The van der Waals surface area contributed by atoms with Gasteiger partial charge in [0.1, 0.15) is 4.88 Å². The summed E-state index contributed by atoms with van der Waals surface area (Å²) in [4.78, 5) is 25.7. The van der Waals surface area contributed by atoms with Crippen LogP contribution in [-0.2, 0) is 14.6 Å². The first-order chi connectivity index (χ1) is 14.3. The number of ether oxygens (including phenoxy) is 1.